The van der Waals surface area contributed by atoms with E-state index in [2.05, 4.69) is 5.32 Å². The van der Waals surface area contributed by atoms with Crippen LogP contribution >= 0.6 is 23.2 Å². The van der Waals surface area contributed by atoms with Crippen LogP contribution in [0, 0.1) is 11.6 Å². The molecule has 2 rings (SSSR count). The highest BCUT2D eigenvalue weighted by Gasteiger charge is 2.13. The molecule has 0 saturated heterocycles. The Labute approximate surface area is 130 Å². The van der Waals surface area contributed by atoms with Gasteiger partial charge in [0.05, 0.1) is 17.8 Å². The summed E-state index contributed by atoms with van der Waals surface area (Å²) in [4.78, 5) is 0. The summed E-state index contributed by atoms with van der Waals surface area (Å²) in [7, 11) is 1.39. The van der Waals surface area contributed by atoms with Crippen molar-refractivity contribution in [3.63, 3.8) is 0 Å². The zero-order valence-corrected chi connectivity index (χ0v) is 12.4. The van der Waals surface area contributed by atoms with Crippen LogP contribution in [0.2, 0.25) is 10.0 Å². The van der Waals surface area contributed by atoms with Gasteiger partial charge < -0.3 is 15.2 Å². The molecule has 0 atom stereocenters. The molecule has 2 aromatic carbocycles. The largest absolute Gasteiger partial charge is 0.504 e. The quantitative estimate of drug-likeness (QED) is 0.859. The van der Waals surface area contributed by atoms with Crippen molar-refractivity contribution in [2.75, 3.05) is 12.4 Å². The summed E-state index contributed by atoms with van der Waals surface area (Å²) in [6, 6.07) is 4.66. The topological polar surface area (TPSA) is 41.5 Å². The van der Waals surface area contributed by atoms with E-state index >= 15 is 0 Å². The van der Waals surface area contributed by atoms with Crippen LogP contribution in [-0.2, 0) is 6.54 Å². The van der Waals surface area contributed by atoms with E-state index < -0.39 is 11.6 Å². The molecule has 21 heavy (non-hydrogen) atoms. The number of anilines is 1. The zero-order chi connectivity index (χ0) is 15.6. The smallest absolute Gasteiger partial charge is 0.162 e. The monoisotopic (exact) mass is 333 g/mol. The minimum absolute atomic E-state index is 0.0328. The predicted octanol–water partition coefficient (Wildman–Crippen LogP) is 4.60. The van der Waals surface area contributed by atoms with Gasteiger partial charge in [-0.1, -0.05) is 23.2 Å². The van der Waals surface area contributed by atoms with Gasteiger partial charge in [0, 0.05) is 29.3 Å². The molecule has 2 aromatic rings. The molecule has 0 aromatic heterocycles. The molecule has 0 spiro atoms. The Morgan fingerprint density at radius 2 is 1.90 bits per heavy atom. The zero-order valence-electron chi connectivity index (χ0n) is 10.9. The normalized spacial score (nSPS) is 10.5. The number of hydrogen-bond acceptors (Lipinski definition) is 3. The maximum Gasteiger partial charge on any atom is 0.162 e. The van der Waals surface area contributed by atoms with Crippen LogP contribution in [0.3, 0.4) is 0 Å². The van der Waals surface area contributed by atoms with E-state index in [1.807, 2.05) is 0 Å². The van der Waals surface area contributed by atoms with Gasteiger partial charge >= 0.3 is 0 Å². The molecule has 0 aliphatic carbocycles. The maximum atomic E-state index is 13.6. The van der Waals surface area contributed by atoms with E-state index in [4.69, 9.17) is 27.9 Å². The van der Waals surface area contributed by atoms with Gasteiger partial charge in [0.25, 0.3) is 0 Å². The third-order valence-corrected chi connectivity index (χ3v) is 3.32. The standard InChI is InChI=1S/C14H11Cl2F2NO2/c1-21-12-3-8(15)2-7(14(12)20)6-19-13-10(16)4-9(17)5-11(13)18/h2-5,19-20H,6H2,1H3. The Kier molecular flexibility index (Phi) is 4.75. The first-order valence-corrected chi connectivity index (χ1v) is 6.61. The van der Waals surface area contributed by atoms with Gasteiger partial charge in [0.1, 0.15) is 5.82 Å². The number of phenols is 1. The Morgan fingerprint density at radius 3 is 2.52 bits per heavy atom. The van der Waals surface area contributed by atoms with Gasteiger partial charge in [0.2, 0.25) is 0 Å². The van der Waals surface area contributed by atoms with E-state index in [1.165, 1.54) is 19.2 Å². The van der Waals surface area contributed by atoms with Gasteiger partial charge in [-0.2, -0.15) is 0 Å². The van der Waals surface area contributed by atoms with Gasteiger partial charge in [-0.15, -0.1) is 0 Å². The second-order valence-electron chi connectivity index (χ2n) is 4.21. The van der Waals surface area contributed by atoms with Crippen molar-refractivity contribution >= 4 is 28.9 Å². The molecule has 2 N–H and O–H groups in total. The second kappa shape index (κ2) is 6.37. The molecule has 7 heteroatoms. The van der Waals surface area contributed by atoms with Crippen LogP contribution < -0.4 is 10.1 Å². The lowest BCUT2D eigenvalue weighted by Crippen LogP contribution is -2.03. The van der Waals surface area contributed by atoms with Crippen LogP contribution in [-0.4, -0.2) is 12.2 Å². The summed E-state index contributed by atoms with van der Waals surface area (Å²) < 4.78 is 31.6. The summed E-state index contributed by atoms with van der Waals surface area (Å²) in [5.74, 6) is -1.51. The summed E-state index contributed by atoms with van der Waals surface area (Å²) in [5.41, 5.74) is 0.329. The fourth-order valence-corrected chi connectivity index (χ4v) is 2.31. The average molecular weight is 334 g/mol. The van der Waals surface area contributed by atoms with Crippen molar-refractivity contribution in [1.82, 2.24) is 0 Å². The first kappa shape index (κ1) is 15.7. The predicted molar refractivity (Wildman–Crippen MR) is 78.4 cm³/mol. The van der Waals surface area contributed by atoms with E-state index in [1.54, 1.807) is 0 Å². The molecule has 3 nitrogen and oxygen atoms in total. The number of phenolic OH excluding ortho intramolecular Hbond substituents is 1. The number of aromatic hydroxyl groups is 1. The van der Waals surface area contributed by atoms with Crippen molar-refractivity contribution in [1.29, 1.82) is 0 Å². The fraction of sp³-hybridized carbons (Fsp3) is 0.143. The van der Waals surface area contributed by atoms with Crippen LogP contribution in [0.1, 0.15) is 5.56 Å². The third-order valence-electron chi connectivity index (χ3n) is 2.80. The highest BCUT2D eigenvalue weighted by Crippen LogP contribution is 2.34. The second-order valence-corrected chi connectivity index (χ2v) is 5.06. The van der Waals surface area contributed by atoms with E-state index in [0.29, 0.717) is 16.7 Å². The lowest BCUT2D eigenvalue weighted by Gasteiger charge is -2.13. The number of rotatable bonds is 4. The summed E-state index contributed by atoms with van der Waals surface area (Å²) in [5, 5.41) is 12.9. The van der Waals surface area contributed by atoms with E-state index in [-0.39, 0.29) is 28.8 Å². The molecule has 0 aliphatic rings. The van der Waals surface area contributed by atoms with Crippen LogP contribution in [0.25, 0.3) is 0 Å². The minimum Gasteiger partial charge on any atom is -0.504 e. The van der Waals surface area contributed by atoms with Crippen LogP contribution in [0.15, 0.2) is 24.3 Å². The van der Waals surface area contributed by atoms with E-state index in [0.717, 1.165) is 6.07 Å². The molecule has 0 amide bonds. The third kappa shape index (κ3) is 3.49. The maximum absolute atomic E-state index is 13.6. The van der Waals surface area contributed by atoms with Crippen molar-refractivity contribution in [2.24, 2.45) is 0 Å². The molecule has 0 saturated carbocycles. The summed E-state index contributed by atoms with van der Waals surface area (Å²) >= 11 is 11.7. The Bertz CT molecular complexity index is 657. The van der Waals surface area contributed by atoms with Gasteiger partial charge in [-0.3, -0.25) is 0 Å². The molecule has 0 aliphatic heterocycles. The first-order valence-electron chi connectivity index (χ1n) is 5.86. The lowest BCUT2D eigenvalue weighted by molar-refractivity contribution is 0.371. The molecule has 0 heterocycles. The number of halogens is 4. The van der Waals surface area contributed by atoms with Crippen molar-refractivity contribution in [3.05, 3.63) is 51.5 Å². The molecule has 0 radical (unpaired) electrons. The van der Waals surface area contributed by atoms with E-state index in [9.17, 15) is 13.9 Å². The number of methoxy groups -OCH3 is 1. The molecule has 0 fully saturated rings. The molecule has 112 valence electrons. The summed E-state index contributed by atoms with van der Waals surface area (Å²) in [6.45, 7) is 0.0328. The number of hydrogen-bond donors (Lipinski definition) is 2. The SMILES string of the molecule is COc1cc(Cl)cc(CNc2c(F)cc(F)cc2Cl)c1O. The Balaban J connectivity index is 2.27. The number of nitrogens with one attached hydrogen (secondary N) is 1. The van der Waals surface area contributed by atoms with Gasteiger partial charge in [0.15, 0.2) is 17.3 Å². The number of ether oxygens (including phenoxy) is 1. The first-order chi connectivity index (χ1) is 9.92. The van der Waals surface area contributed by atoms with Crippen LogP contribution in [0.4, 0.5) is 14.5 Å². The van der Waals surface area contributed by atoms with Gasteiger partial charge in [-0.25, -0.2) is 8.78 Å². The van der Waals surface area contributed by atoms with Crippen molar-refractivity contribution in [3.8, 4) is 11.5 Å². The fourth-order valence-electron chi connectivity index (χ4n) is 1.81. The Morgan fingerprint density at radius 1 is 1.19 bits per heavy atom. The molecule has 0 bridgehead atoms. The summed E-state index contributed by atoms with van der Waals surface area (Å²) in [6.07, 6.45) is 0. The van der Waals surface area contributed by atoms with Gasteiger partial charge in [-0.05, 0) is 12.1 Å². The lowest BCUT2D eigenvalue weighted by atomic mass is 10.1. The van der Waals surface area contributed by atoms with Crippen molar-refractivity contribution < 1.29 is 18.6 Å². The number of benzene rings is 2. The molecular weight excluding hydrogens is 323 g/mol. The average Bonchev–Trinajstić information content (AvgIpc) is 2.40. The Hall–Kier alpha value is -1.72. The van der Waals surface area contributed by atoms with Crippen molar-refractivity contribution in [2.45, 2.75) is 6.54 Å². The van der Waals surface area contributed by atoms with Crippen LogP contribution in [0.5, 0.6) is 11.5 Å². The molecule has 0 unspecified atom stereocenters. The molecular formula is C14H11Cl2F2NO2. The highest BCUT2D eigenvalue weighted by atomic mass is 35.5. The highest BCUT2D eigenvalue weighted by molar-refractivity contribution is 6.33. The minimum atomic E-state index is -0.825.